The second-order valence-corrected chi connectivity index (χ2v) is 10.8. The standard InChI is InChI=1S/C23H27N3O5S2/c1-5-12-26(13-6-2)33(29,30)17-9-7-16(8-10-17)21(27)24-22-20(23(28)31-4)18-11-14-25(3)15-19(18)32-22/h5-10H,1-2,11-15H2,3-4H3,(H,24,27)/p+1. The molecule has 0 saturated carbocycles. The lowest BCUT2D eigenvalue weighted by molar-refractivity contribution is -0.895. The number of thiophene rings is 1. The molecule has 2 N–H and O–H groups in total. The van der Waals surface area contributed by atoms with E-state index in [1.807, 2.05) is 0 Å². The van der Waals surface area contributed by atoms with E-state index >= 15 is 0 Å². The second kappa shape index (κ2) is 10.4. The number of nitrogens with one attached hydrogen (secondary N) is 2. The Bertz CT molecular complexity index is 1160. The van der Waals surface area contributed by atoms with Crippen LogP contribution in [0.15, 0.2) is 54.5 Å². The molecule has 2 aromatic rings. The van der Waals surface area contributed by atoms with Gasteiger partial charge >= 0.3 is 5.97 Å². The maximum absolute atomic E-state index is 12.9. The Kier molecular flexibility index (Phi) is 7.85. The normalized spacial score (nSPS) is 15.5. The highest BCUT2D eigenvalue weighted by Gasteiger charge is 2.30. The van der Waals surface area contributed by atoms with Crippen LogP contribution in [0, 0.1) is 0 Å². The van der Waals surface area contributed by atoms with Crippen molar-refractivity contribution in [3.63, 3.8) is 0 Å². The van der Waals surface area contributed by atoms with Gasteiger partial charge in [0, 0.05) is 25.1 Å². The SMILES string of the molecule is C=CCN(CC=C)S(=O)(=O)c1ccc(C(=O)Nc2sc3c(c2C(=O)OC)CC[NH+](C)C3)cc1. The zero-order chi connectivity index (χ0) is 24.2. The van der Waals surface area contributed by atoms with Gasteiger partial charge in [0.05, 0.1) is 36.0 Å². The first kappa shape index (κ1) is 24.8. The predicted octanol–water partition coefficient (Wildman–Crippen LogP) is 1.72. The molecular weight excluding hydrogens is 462 g/mol. The number of anilines is 1. The molecule has 1 aromatic carbocycles. The molecule has 0 spiro atoms. The second-order valence-electron chi connectivity index (χ2n) is 7.71. The molecule has 1 aromatic heterocycles. The summed E-state index contributed by atoms with van der Waals surface area (Å²) in [5.41, 5.74) is 1.61. The highest BCUT2D eigenvalue weighted by molar-refractivity contribution is 7.89. The van der Waals surface area contributed by atoms with Crippen LogP contribution < -0.4 is 10.2 Å². The Labute approximate surface area is 198 Å². The van der Waals surface area contributed by atoms with Gasteiger partial charge in [0.2, 0.25) is 10.0 Å². The zero-order valence-corrected chi connectivity index (χ0v) is 20.4. The van der Waals surface area contributed by atoms with Crippen molar-refractivity contribution in [2.45, 2.75) is 17.9 Å². The summed E-state index contributed by atoms with van der Waals surface area (Å²) in [6.07, 6.45) is 3.74. The summed E-state index contributed by atoms with van der Waals surface area (Å²) in [7, 11) is -0.356. The highest BCUT2D eigenvalue weighted by atomic mass is 32.2. The number of fused-ring (bicyclic) bond motifs is 1. The number of nitrogens with zero attached hydrogens (tertiary/aromatic N) is 1. The summed E-state index contributed by atoms with van der Waals surface area (Å²) >= 11 is 1.38. The Morgan fingerprint density at radius 2 is 1.85 bits per heavy atom. The van der Waals surface area contributed by atoms with E-state index in [2.05, 4.69) is 25.5 Å². The Balaban J connectivity index is 1.85. The smallest absolute Gasteiger partial charge is 0.341 e. The van der Waals surface area contributed by atoms with Gasteiger partial charge in [-0.2, -0.15) is 4.31 Å². The molecule has 10 heteroatoms. The van der Waals surface area contributed by atoms with E-state index in [1.165, 1.54) is 64.1 Å². The zero-order valence-electron chi connectivity index (χ0n) is 18.7. The van der Waals surface area contributed by atoms with Gasteiger partial charge in [-0.1, -0.05) is 12.2 Å². The number of carbonyl (C=O) groups is 2. The van der Waals surface area contributed by atoms with Crippen LogP contribution in [-0.4, -0.2) is 58.4 Å². The van der Waals surface area contributed by atoms with Gasteiger partial charge in [-0.25, -0.2) is 13.2 Å². The number of quaternary nitrogens is 1. The van der Waals surface area contributed by atoms with Crippen molar-refractivity contribution in [3.8, 4) is 0 Å². The molecule has 1 amide bonds. The van der Waals surface area contributed by atoms with Crippen LogP contribution in [0.4, 0.5) is 5.00 Å². The number of benzene rings is 1. The fourth-order valence-electron chi connectivity index (χ4n) is 3.69. The third-order valence-corrected chi connectivity index (χ3v) is 8.38. The molecule has 1 atom stereocenters. The molecule has 1 unspecified atom stereocenters. The van der Waals surface area contributed by atoms with Crippen molar-refractivity contribution >= 4 is 38.2 Å². The Morgan fingerprint density at radius 3 is 2.42 bits per heavy atom. The van der Waals surface area contributed by atoms with Gasteiger partial charge in [-0.05, 0) is 29.8 Å². The average Bonchev–Trinajstić information content (AvgIpc) is 3.15. The van der Waals surface area contributed by atoms with Gasteiger partial charge in [0.1, 0.15) is 11.5 Å². The summed E-state index contributed by atoms with van der Waals surface area (Å²) in [5, 5.41) is 3.27. The van der Waals surface area contributed by atoms with E-state index in [-0.39, 0.29) is 23.5 Å². The molecule has 0 aliphatic carbocycles. The van der Waals surface area contributed by atoms with Gasteiger partial charge in [-0.3, -0.25) is 4.79 Å². The number of sulfonamides is 1. The van der Waals surface area contributed by atoms with Crippen molar-refractivity contribution in [1.29, 1.82) is 0 Å². The molecule has 3 rings (SSSR count). The van der Waals surface area contributed by atoms with Crippen LogP contribution in [-0.2, 0) is 27.7 Å². The average molecular weight is 491 g/mol. The number of hydrogen-bond acceptors (Lipinski definition) is 6. The number of hydrogen-bond donors (Lipinski definition) is 2. The van der Waals surface area contributed by atoms with Gasteiger partial charge in [0.15, 0.2) is 0 Å². The van der Waals surface area contributed by atoms with Crippen molar-refractivity contribution in [3.05, 3.63) is 71.1 Å². The van der Waals surface area contributed by atoms with Crippen LogP contribution in [0.2, 0.25) is 0 Å². The number of ether oxygens (including phenoxy) is 1. The maximum Gasteiger partial charge on any atom is 0.341 e. The summed E-state index contributed by atoms with van der Waals surface area (Å²) in [5.74, 6) is -0.911. The minimum atomic E-state index is -3.76. The van der Waals surface area contributed by atoms with Gasteiger partial charge in [-0.15, -0.1) is 24.5 Å². The van der Waals surface area contributed by atoms with Gasteiger partial charge in [0.25, 0.3) is 5.91 Å². The van der Waals surface area contributed by atoms with E-state index in [4.69, 9.17) is 4.74 Å². The molecule has 2 heterocycles. The molecule has 176 valence electrons. The lowest BCUT2D eigenvalue weighted by Crippen LogP contribution is -3.08. The fraction of sp³-hybridized carbons (Fsp3) is 0.304. The quantitative estimate of drug-likeness (QED) is 0.412. The molecule has 1 aliphatic heterocycles. The number of amides is 1. The Morgan fingerprint density at radius 1 is 1.21 bits per heavy atom. The van der Waals surface area contributed by atoms with Crippen molar-refractivity contribution in [2.24, 2.45) is 0 Å². The maximum atomic E-state index is 12.9. The number of rotatable bonds is 9. The summed E-state index contributed by atoms with van der Waals surface area (Å²) in [6.45, 7) is 9.15. The Hall–Kier alpha value is -2.79. The van der Waals surface area contributed by atoms with E-state index in [9.17, 15) is 18.0 Å². The van der Waals surface area contributed by atoms with Crippen molar-refractivity contribution in [1.82, 2.24) is 4.31 Å². The van der Waals surface area contributed by atoms with E-state index in [0.29, 0.717) is 10.6 Å². The third kappa shape index (κ3) is 5.25. The third-order valence-electron chi connectivity index (χ3n) is 5.39. The summed E-state index contributed by atoms with van der Waals surface area (Å²) < 4.78 is 31.9. The number of methoxy groups -OCH3 is 1. The first-order valence-corrected chi connectivity index (χ1v) is 12.7. The number of carbonyl (C=O) groups excluding carboxylic acids is 2. The van der Waals surface area contributed by atoms with Crippen LogP contribution in [0.5, 0.6) is 0 Å². The molecule has 1 aliphatic rings. The first-order valence-electron chi connectivity index (χ1n) is 10.4. The van der Waals surface area contributed by atoms with Crippen LogP contribution >= 0.6 is 11.3 Å². The minimum absolute atomic E-state index is 0.0654. The fourth-order valence-corrected chi connectivity index (χ4v) is 6.41. The van der Waals surface area contributed by atoms with Gasteiger partial charge < -0.3 is 15.0 Å². The lowest BCUT2D eigenvalue weighted by atomic mass is 10.0. The number of likely N-dealkylation sites (N-methyl/N-ethyl adjacent to an activating group) is 1. The topological polar surface area (TPSA) is 97.2 Å². The van der Waals surface area contributed by atoms with E-state index in [0.717, 1.165) is 30.0 Å². The minimum Gasteiger partial charge on any atom is -0.465 e. The van der Waals surface area contributed by atoms with Crippen LogP contribution in [0.1, 0.15) is 31.2 Å². The summed E-state index contributed by atoms with van der Waals surface area (Å²) in [6, 6.07) is 5.68. The molecule has 0 saturated heterocycles. The molecule has 0 fully saturated rings. The monoisotopic (exact) mass is 490 g/mol. The first-order chi connectivity index (χ1) is 15.7. The highest BCUT2D eigenvalue weighted by Crippen LogP contribution is 2.35. The summed E-state index contributed by atoms with van der Waals surface area (Å²) in [4.78, 5) is 27.8. The molecule has 0 bridgehead atoms. The van der Waals surface area contributed by atoms with Crippen molar-refractivity contribution in [2.75, 3.05) is 39.1 Å². The van der Waals surface area contributed by atoms with E-state index in [1.54, 1.807) is 0 Å². The molecule has 0 radical (unpaired) electrons. The number of esters is 1. The van der Waals surface area contributed by atoms with Crippen LogP contribution in [0.3, 0.4) is 0 Å². The van der Waals surface area contributed by atoms with Crippen LogP contribution in [0.25, 0.3) is 0 Å². The molecular formula is C23H28N3O5S2+. The molecule has 33 heavy (non-hydrogen) atoms. The largest absolute Gasteiger partial charge is 0.465 e. The van der Waals surface area contributed by atoms with Crippen molar-refractivity contribution < 1.29 is 27.6 Å². The predicted molar refractivity (Wildman–Crippen MR) is 128 cm³/mol. The molecule has 8 nitrogen and oxygen atoms in total. The lowest BCUT2D eigenvalue weighted by Gasteiger charge is -2.19. The van der Waals surface area contributed by atoms with E-state index < -0.39 is 21.9 Å².